The van der Waals surface area contributed by atoms with Gasteiger partial charge in [0, 0.05) is 45.2 Å². The van der Waals surface area contributed by atoms with E-state index in [1.807, 2.05) is 0 Å². The van der Waals surface area contributed by atoms with Gasteiger partial charge >= 0.3 is 0 Å². The highest BCUT2D eigenvalue weighted by Gasteiger charge is 2.48. The van der Waals surface area contributed by atoms with E-state index in [-0.39, 0.29) is 0 Å². The van der Waals surface area contributed by atoms with Crippen LogP contribution >= 0.6 is 0 Å². The van der Waals surface area contributed by atoms with Crippen molar-refractivity contribution >= 4 is 68.6 Å². The summed E-state index contributed by atoms with van der Waals surface area (Å²) >= 11 is 0. The molecule has 0 saturated carbocycles. The molecule has 0 bridgehead atoms. The molecule has 0 spiro atoms. The average Bonchev–Trinajstić information content (AvgIpc) is 3.75. The van der Waals surface area contributed by atoms with E-state index >= 15 is 0 Å². The Morgan fingerprint density at radius 2 is 1.05 bits per heavy atom. The first-order valence-electron chi connectivity index (χ1n) is 22.3. The summed E-state index contributed by atoms with van der Waals surface area (Å²) in [7, 11) is 2.44. The monoisotopic (exact) mass is 827 g/mol. The highest BCUT2D eigenvalue weighted by Crippen LogP contribution is 2.58. The molecule has 303 valence electrons. The molecule has 0 unspecified atom stereocenters. The molecule has 0 atom stereocenters. The first kappa shape index (κ1) is 37.2. The lowest BCUT2D eigenvalue weighted by molar-refractivity contribution is 0.669. The van der Waals surface area contributed by atoms with E-state index in [0.29, 0.717) is 0 Å². The molecule has 0 saturated heterocycles. The number of benzene rings is 10. The van der Waals surface area contributed by atoms with Gasteiger partial charge in [0.15, 0.2) is 7.28 Å². The first-order chi connectivity index (χ1) is 32.2. The van der Waals surface area contributed by atoms with Crippen molar-refractivity contribution in [3.05, 3.63) is 259 Å². The Morgan fingerprint density at radius 1 is 0.446 bits per heavy atom. The van der Waals surface area contributed by atoms with Crippen LogP contribution < -0.4 is 21.1 Å². The van der Waals surface area contributed by atoms with Crippen molar-refractivity contribution in [1.82, 2.24) is 0 Å². The highest BCUT2D eigenvalue weighted by molar-refractivity contribution is 6.74. The fourth-order valence-electron chi connectivity index (χ4n) is 10.8. The molecule has 13 rings (SSSR count). The van der Waals surface area contributed by atoms with Crippen LogP contribution in [0.2, 0.25) is 0 Å². The predicted octanol–water partition coefficient (Wildman–Crippen LogP) is 14.5. The minimum absolute atomic E-state index is 0.575. The molecule has 2 aliphatic rings. The van der Waals surface area contributed by atoms with Crippen molar-refractivity contribution < 1.29 is 4.42 Å². The number of fused-ring (bicyclic) bond motifs is 7. The number of para-hydroxylation sites is 3. The normalized spacial score (nSPS) is 13.1. The number of hydrogen-bond donors (Lipinski definition) is 1. The van der Waals surface area contributed by atoms with Crippen molar-refractivity contribution in [1.29, 1.82) is 0 Å². The Hall–Kier alpha value is -8.34. The Morgan fingerprint density at radius 3 is 1.78 bits per heavy atom. The topological polar surface area (TPSA) is 28.4 Å². The summed E-state index contributed by atoms with van der Waals surface area (Å²) < 4.78 is 6.95. The molecule has 3 heterocycles. The maximum absolute atomic E-state index is 6.95. The molecule has 10 aromatic carbocycles. The van der Waals surface area contributed by atoms with Gasteiger partial charge in [0.2, 0.25) is 0 Å². The molecule has 0 fully saturated rings. The van der Waals surface area contributed by atoms with Gasteiger partial charge in [0.1, 0.15) is 11.2 Å². The second-order valence-electron chi connectivity index (χ2n) is 17.1. The van der Waals surface area contributed by atoms with E-state index in [9.17, 15) is 0 Å². The second-order valence-corrected chi connectivity index (χ2v) is 17.1. The minimum Gasteiger partial charge on any atom is -0.456 e. The number of hydrogen-bond acceptors (Lipinski definition) is 3. The van der Waals surface area contributed by atoms with Gasteiger partial charge in [-0.15, -0.1) is 0 Å². The Labute approximate surface area is 379 Å². The molecule has 11 aromatic rings. The van der Waals surface area contributed by atoms with Gasteiger partial charge < -0.3 is 14.6 Å². The molecule has 1 aromatic heterocycles. The number of anilines is 5. The van der Waals surface area contributed by atoms with Gasteiger partial charge in [0.25, 0.3) is 0 Å². The lowest BCUT2D eigenvalue weighted by atomic mass is 9.54. The summed E-state index contributed by atoms with van der Waals surface area (Å²) in [6, 6.07) is 85.6. The Bertz CT molecular complexity index is 3560. The van der Waals surface area contributed by atoms with E-state index in [1.165, 1.54) is 39.0 Å². The summed E-state index contributed by atoms with van der Waals surface area (Å²) in [5, 5.41) is 6.12. The van der Waals surface area contributed by atoms with Crippen LogP contribution in [0.3, 0.4) is 0 Å². The fraction of sp³-hybridized carbons (Fsp3) is 0.0164. The van der Waals surface area contributed by atoms with Crippen LogP contribution in [0.4, 0.5) is 28.4 Å². The lowest BCUT2D eigenvalue weighted by Gasteiger charge is -2.49. The van der Waals surface area contributed by atoms with Crippen LogP contribution in [-0.4, -0.2) is 7.28 Å². The van der Waals surface area contributed by atoms with Gasteiger partial charge in [-0.25, -0.2) is 0 Å². The number of furan rings is 1. The van der Waals surface area contributed by atoms with Gasteiger partial charge in [-0.3, -0.25) is 0 Å². The molecular formula is C61H40BN2O. The van der Waals surface area contributed by atoms with E-state index in [4.69, 9.17) is 4.42 Å². The van der Waals surface area contributed by atoms with E-state index in [1.54, 1.807) is 0 Å². The predicted molar refractivity (Wildman–Crippen MR) is 271 cm³/mol. The third kappa shape index (κ3) is 5.77. The summed E-state index contributed by atoms with van der Waals surface area (Å²) in [5.41, 5.74) is 20.6. The van der Waals surface area contributed by atoms with Gasteiger partial charge in [-0.05, 0) is 91.9 Å². The highest BCUT2D eigenvalue weighted by atomic mass is 16.3. The van der Waals surface area contributed by atoms with E-state index in [0.717, 1.165) is 78.0 Å². The van der Waals surface area contributed by atoms with Crippen LogP contribution in [0.15, 0.2) is 241 Å². The zero-order valence-electron chi connectivity index (χ0n) is 35.4. The molecule has 3 nitrogen and oxygen atoms in total. The summed E-state index contributed by atoms with van der Waals surface area (Å²) in [6.45, 7) is 0. The molecule has 2 aliphatic heterocycles. The molecule has 4 heteroatoms. The van der Waals surface area contributed by atoms with Crippen LogP contribution in [0.1, 0.15) is 22.3 Å². The van der Waals surface area contributed by atoms with Crippen LogP contribution in [0, 0.1) is 0 Å². The van der Waals surface area contributed by atoms with Gasteiger partial charge in [-0.1, -0.05) is 200 Å². The summed E-state index contributed by atoms with van der Waals surface area (Å²) in [4.78, 5) is 2.52. The first-order valence-corrected chi connectivity index (χ1v) is 22.3. The molecule has 0 amide bonds. The smallest absolute Gasteiger partial charge is 0.197 e. The van der Waals surface area contributed by atoms with Gasteiger partial charge in [-0.2, -0.15) is 0 Å². The fourth-order valence-corrected chi connectivity index (χ4v) is 10.8. The number of rotatable bonds is 7. The van der Waals surface area contributed by atoms with Crippen molar-refractivity contribution in [3.63, 3.8) is 0 Å². The zero-order valence-corrected chi connectivity index (χ0v) is 35.4. The Balaban J connectivity index is 1.11. The molecule has 1 N–H and O–H groups in total. The molecule has 1 radical (unpaired) electrons. The quantitative estimate of drug-likeness (QED) is 0.162. The third-order valence-electron chi connectivity index (χ3n) is 13.5. The summed E-state index contributed by atoms with van der Waals surface area (Å²) in [5.74, 6) is 0. The van der Waals surface area contributed by atoms with Crippen LogP contribution in [0.25, 0.3) is 55.3 Å². The largest absolute Gasteiger partial charge is 0.456 e. The van der Waals surface area contributed by atoms with Crippen LogP contribution in [0.5, 0.6) is 0 Å². The lowest BCUT2D eigenvalue weighted by Crippen LogP contribution is -2.47. The standard InChI is InChI=1S/C61H40BN2O/c1-5-19-40(20-6-1)42-23-17-28-46(37-42)63-52-36-35-43(41-21-7-2-8-22-41)38-48(52)58-57-47-29-13-16-34-55(47)65-56(57)39-54-59(58)62-51-32-18-31-50-60(51)64(54)53-33-15-14-30-49(53)61(50,44-24-9-3-10-25-44)45-26-11-4-12-27-45/h1-39,63H. The van der Waals surface area contributed by atoms with Crippen molar-refractivity contribution in [3.8, 4) is 33.4 Å². The van der Waals surface area contributed by atoms with E-state index in [2.05, 4.69) is 254 Å². The zero-order chi connectivity index (χ0) is 42.9. The van der Waals surface area contributed by atoms with Crippen LogP contribution in [-0.2, 0) is 5.41 Å². The van der Waals surface area contributed by atoms with Crippen molar-refractivity contribution in [2.75, 3.05) is 10.2 Å². The van der Waals surface area contributed by atoms with E-state index < -0.39 is 5.41 Å². The molecular weight excluding hydrogens is 787 g/mol. The van der Waals surface area contributed by atoms with Crippen molar-refractivity contribution in [2.45, 2.75) is 5.41 Å². The SMILES string of the molecule is [B]1c2cccc3c2N(c2ccccc2C3(c2ccccc2)c2ccccc2)c2cc3oc4ccccc4c3c(-c3cc(-c4ccccc4)ccc3Nc3cccc(-c4ccccc4)c3)c21. The maximum atomic E-state index is 6.95. The summed E-state index contributed by atoms with van der Waals surface area (Å²) in [6.07, 6.45) is 0. The van der Waals surface area contributed by atoms with Crippen molar-refractivity contribution in [2.24, 2.45) is 0 Å². The molecule has 0 aliphatic carbocycles. The Kier molecular flexibility index (Phi) is 8.54. The minimum atomic E-state index is -0.575. The molecule has 65 heavy (non-hydrogen) atoms. The third-order valence-corrected chi connectivity index (χ3v) is 13.5. The number of nitrogens with zero attached hydrogens (tertiary/aromatic N) is 1. The number of nitrogens with one attached hydrogen (secondary N) is 1. The maximum Gasteiger partial charge on any atom is 0.197 e. The second kappa shape index (κ2) is 14.9. The van der Waals surface area contributed by atoms with Gasteiger partial charge in [0.05, 0.1) is 11.1 Å². The average molecular weight is 828 g/mol.